The van der Waals surface area contributed by atoms with E-state index in [0.29, 0.717) is 42.1 Å². The number of halogens is 1. The zero-order valence-corrected chi connectivity index (χ0v) is 15.0. The summed E-state index contributed by atoms with van der Waals surface area (Å²) in [6.07, 6.45) is 1.49. The molecule has 6 heteroatoms. The second kappa shape index (κ2) is 8.50. The van der Waals surface area contributed by atoms with Crippen LogP contribution in [0.4, 0.5) is 0 Å². The summed E-state index contributed by atoms with van der Waals surface area (Å²) in [6.45, 7) is 4.06. The smallest absolute Gasteiger partial charge is 0.266 e. The highest BCUT2D eigenvalue weighted by Crippen LogP contribution is 2.15. The van der Waals surface area contributed by atoms with Crippen LogP contribution in [-0.2, 0) is 17.6 Å². The van der Waals surface area contributed by atoms with Crippen LogP contribution in [0.3, 0.4) is 0 Å². The number of nitriles is 1. The zero-order valence-electron chi connectivity index (χ0n) is 14.3. The molecule has 1 aromatic carbocycles. The molecule has 2 N–H and O–H groups in total. The topological polar surface area (TPSA) is 85.8 Å². The maximum atomic E-state index is 12.0. The number of hydrogen-bond donors (Lipinski definition) is 2. The Morgan fingerprint density at radius 1 is 1.32 bits per heavy atom. The van der Waals surface area contributed by atoms with Gasteiger partial charge in [0.15, 0.2) is 0 Å². The number of aromatic nitrogens is 1. The molecule has 0 aliphatic heterocycles. The first-order chi connectivity index (χ1) is 11.9. The van der Waals surface area contributed by atoms with Gasteiger partial charge in [0.25, 0.3) is 5.56 Å². The standard InChI is InChI=1S/C19H20ClN3O2/c1-12-16(13(2)23-19(25)17(12)11-21)6-7-18(24)22-9-8-14-4-3-5-15(20)10-14/h3-5,10H,6-9H2,1-2H3,(H,22,24)(H,23,25). The summed E-state index contributed by atoms with van der Waals surface area (Å²) >= 11 is 5.93. The van der Waals surface area contributed by atoms with Gasteiger partial charge in [-0.15, -0.1) is 0 Å². The molecule has 2 aromatic rings. The molecule has 0 unspecified atom stereocenters. The van der Waals surface area contributed by atoms with Crippen LogP contribution in [0.25, 0.3) is 0 Å². The molecule has 1 amide bonds. The molecule has 2 rings (SSSR count). The number of carbonyl (C=O) groups excluding carboxylic acids is 1. The number of amides is 1. The van der Waals surface area contributed by atoms with Gasteiger partial charge >= 0.3 is 0 Å². The van der Waals surface area contributed by atoms with Gasteiger partial charge in [0.1, 0.15) is 11.6 Å². The number of hydrogen-bond acceptors (Lipinski definition) is 3. The fourth-order valence-corrected chi connectivity index (χ4v) is 3.00. The number of carbonyl (C=O) groups is 1. The van der Waals surface area contributed by atoms with Crippen molar-refractivity contribution in [2.45, 2.75) is 33.1 Å². The molecule has 0 fully saturated rings. The van der Waals surface area contributed by atoms with Crippen molar-refractivity contribution in [2.75, 3.05) is 6.54 Å². The molecule has 0 atom stereocenters. The van der Waals surface area contributed by atoms with Gasteiger partial charge in [-0.1, -0.05) is 23.7 Å². The molecule has 130 valence electrons. The van der Waals surface area contributed by atoms with E-state index >= 15 is 0 Å². The first-order valence-electron chi connectivity index (χ1n) is 8.06. The Kier molecular flexibility index (Phi) is 6.37. The van der Waals surface area contributed by atoms with Crippen LogP contribution in [0, 0.1) is 25.2 Å². The predicted octanol–water partition coefficient (Wildman–Crippen LogP) is 2.81. The number of nitrogens with zero attached hydrogens (tertiary/aromatic N) is 1. The molecule has 0 aliphatic rings. The van der Waals surface area contributed by atoms with Crippen molar-refractivity contribution in [3.8, 4) is 6.07 Å². The molecule has 0 spiro atoms. The SMILES string of the molecule is Cc1[nH]c(=O)c(C#N)c(C)c1CCC(=O)NCCc1cccc(Cl)c1. The fourth-order valence-electron chi connectivity index (χ4n) is 2.79. The van der Waals surface area contributed by atoms with Crippen LogP contribution in [0.1, 0.15) is 34.4 Å². The van der Waals surface area contributed by atoms with Crippen molar-refractivity contribution >= 4 is 17.5 Å². The van der Waals surface area contributed by atoms with Gasteiger partial charge in [-0.25, -0.2) is 0 Å². The van der Waals surface area contributed by atoms with Crippen molar-refractivity contribution in [2.24, 2.45) is 0 Å². The van der Waals surface area contributed by atoms with E-state index in [9.17, 15) is 9.59 Å². The highest BCUT2D eigenvalue weighted by Gasteiger charge is 2.13. The lowest BCUT2D eigenvalue weighted by molar-refractivity contribution is -0.121. The molecule has 5 nitrogen and oxygen atoms in total. The fraction of sp³-hybridized carbons (Fsp3) is 0.316. The van der Waals surface area contributed by atoms with E-state index in [2.05, 4.69) is 10.3 Å². The maximum Gasteiger partial charge on any atom is 0.266 e. The van der Waals surface area contributed by atoms with E-state index in [4.69, 9.17) is 16.9 Å². The van der Waals surface area contributed by atoms with Crippen LogP contribution in [0.2, 0.25) is 5.02 Å². The lowest BCUT2D eigenvalue weighted by Gasteiger charge is -2.11. The average molecular weight is 358 g/mol. The Hall–Kier alpha value is -2.58. The minimum absolute atomic E-state index is 0.0643. The van der Waals surface area contributed by atoms with Gasteiger partial charge in [-0.05, 0) is 55.5 Å². The van der Waals surface area contributed by atoms with Gasteiger partial charge in [-0.2, -0.15) is 5.26 Å². The summed E-state index contributed by atoms with van der Waals surface area (Å²) < 4.78 is 0. The summed E-state index contributed by atoms with van der Waals surface area (Å²) in [4.78, 5) is 26.4. The highest BCUT2D eigenvalue weighted by molar-refractivity contribution is 6.30. The second-order valence-corrected chi connectivity index (χ2v) is 6.34. The number of benzene rings is 1. The van der Waals surface area contributed by atoms with Crippen LogP contribution >= 0.6 is 11.6 Å². The number of H-pyrrole nitrogens is 1. The van der Waals surface area contributed by atoms with Gasteiger partial charge < -0.3 is 10.3 Å². The van der Waals surface area contributed by atoms with Crippen LogP contribution in [0.5, 0.6) is 0 Å². The first kappa shape index (κ1) is 18.8. The van der Waals surface area contributed by atoms with Gasteiger partial charge in [-0.3, -0.25) is 9.59 Å². The molecule has 0 bridgehead atoms. The first-order valence-corrected chi connectivity index (χ1v) is 8.43. The molecular formula is C19H20ClN3O2. The van der Waals surface area contributed by atoms with Gasteiger partial charge in [0, 0.05) is 23.7 Å². The number of aromatic amines is 1. The molecule has 0 aliphatic carbocycles. The highest BCUT2D eigenvalue weighted by atomic mass is 35.5. The Labute approximate surface area is 151 Å². The Balaban J connectivity index is 1.90. The quantitative estimate of drug-likeness (QED) is 0.833. The summed E-state index contributed by atoms with van der Waals surface area (Å²) in [5.41, 5.74) is 3.00. The summed E-state index contributed by atoms with van der Waals surface area (Å²) in [7, 11) is 0. The van der Waals surface area contributed by atoms with Crippen LogP contribution in [0.15, 0.2) is 29.1 Å². The van der Waals surface area contributed by atoms with Crippen molar-refractivity contribution in [3.05, 3.63) is 67.6 Å². The summed E-state index contributed by atoms with van der Waals surface area (Å²) in [6, 6.07) is 9.46. The minimum Gasteiger partial charge on any atom is -0.356 e. The zero-order chi connectivity index (χ0) is 18.4. The van der Waals surface area contributed by atoms with Crippen molar-refractivity contribution in [1.82, 2.24) is 10.3 Å². The third-order valence-electron chi connectivity index (χ3n) is 4.15. The number of pyridine rings is 1. The summed E-state index contributed by atoms with van der Waals surface area (Å²) in [5, 5.41) is 12.6. The Morgan fingerprint density at radius 2 is 2.08 bits per heavy atom. The van der Waals surface area contributed by atoms with E-state index in [1.54, 1.807) is 13.8 Å². The van der Waals surface area contributed by atoms with E-state index in [0.717, 1.165) is 11.1 Å². The lowest BCUT2D eigenvalue weighted by atomic mass is 9.99. The Morgan fingerprint density at radius 3 is 2.76 bits per heavy atom. The van der Waals surface area contributed by atoms with Crippen molar-refractivity contribution in [1.29, 1.82) is 5.26 Å². The number of rotatable bonds is 6. The summed E-state index contributed by atoms with van der Waals surface area (Å²) in [5.74, 6) is -0.0643. The van der Waals surface area contributed by atoms with E-state index in [-0.39, 0.29) is 17.0 Å². The van der Waals surface area contributed by atoms with E-state index in [1.165, 1.54) is 0 Å². The average Bonchev–Trinajstić information content (AvgIpc) is 2.54. The van der Waals surface area contributed by atoms with Crippen LogP contribution < -0.4 is 10.9 Å². The minimum atomic E-state index is -0.382. The predicted molar refractivity (Wildman–Crippen MR) is 97.7 cm³/mol. The Bertz CT molecular complexity index is 881. The third-order valence-corrected chi connectivity index (χ3v) is 4.38. The van der Waals surface area contributed by atoms with Gasteiger partial charge in [0.2, 0.25) is 5.91 Å². The maximum absolute atomic E-state index is 12.0. The number of aryl methyl sites for hydroxylation is 1. The molecule has 1 heterocycles. The molecule has 0 saturated heterocycles. The second-order valence-electron chi connectivity index (χ2n) is 5.90. The van der Waals surface area contributed by atoms with Crippen molar-refractivity contribution < 1.29 is 4.79 Å². The van der Waals surface area contributed by atoms with Crippen molar-refractivity contribution in [3.63, 3.8) is 0 Å². The largest absolute Gasteiger partial charge is 0.356 e. The number of nitrogens with one attached hydrogen (secondary N) is 2. The normalized spacial score (nSPS) is 10.3. The molecule has 0 saturated carbocycles. The van der Waals surface area contributed by atoms with Gasteiger partial charge in [0.05, 0.1) is 0 Å². The molecule has 25 heavy (non-hydrogen) atoms. The van der Waals surface area contributed by atoms with E-state index < -0.39 is 0 Å². The molecule has 0 radical (unpaired) electrons. The monoisotopic (exact) mass is 357 g/mol. The molecule has 1 aromatic heterocycles. The van der Waals surface area contributed by atoms with E-state index in [1.807, 2.05) is 30.3 Å². The van der Waals surface area contributed by atoms with Crippen LogP contribution in [-0.4, -0.2) is 17.4 Å². The lowest BCUT2D eigenvalue weighted by Crippen LogP contribution is -2.26. The third kappa shape index (κ3) is 4.94. The molecular weight excluding hydrogens is 338 g/mol.